The Kier molecular flexibility index (Phi) is 8.43. The number of benzene rings is 1. The molecule has 0 atom stereocenters. The Morgan fingerprint density at radius 3 is 2.55 bits per heavy atom. The number of hydrogen-bond acceptors (Lipinski definition) is 4. The summed E-state index contributed by atoms with van der Waals surface area (Å²) in [6.07, 6.45) is 0.996. The maximum atomic E-state index is 11.9. The molecule has 0 radical (unpaired) electrons. The van der Waals surface area contributed by atoms with Gasteiger partial charge in [0, 0.05) is 17.9 Å². The van der Waals surface area contributed by atoms with Gasteiger partial charge in [0.15, 0.2) is 0 Å². The number of amides is 1. The third-order valence-electron chi connectivity index (χ3n) is 2.84. The molecule has 0 aromatic heterocycles. The summed E-state index contributed by atoms with van der Waals surface area (Å²) >= 11 is 1.28. The van der Waals surface area contributed by atoms with E-state index in [9.17, 15) is 9.59 Å². The molecule has 0 saturated carbocycles. The monoisotopic (exact) mass is 325 g/mol. The molecule has 0 saturated heterocycles. The predicted molar refractivity (Wildman–Crippen MR) is 88.7 cm³/mol. The summed E-state index contributed by atoms with van der Waals surface area (Å²) in [6.45, 7) is 5.41. The fourth-order valence-corrected chi connectivity index (χ4v) is 2.18. The second kappa shape index (κ2) is 10.1. The van der Waals surface area contributed by atoms with Crippen LogP contribution in [0.2, 0.25) is 0 Å². The van der Waals surface area contributed by atoms with Gasteiger partial charge in [0.2, 0.25) is 0 Å². The smallest absolute Gasteiger partial charge is 0.313 e. The maximum absolute atomic E-state index is 11.9. The summed E-state index contributed by atoms with van der Waals surface area (Å²) in [5.41, 5.74) is 0.569. The Morgan fingerprint density at radius 1 is 1.27 bits per heavy atom. The number of ether oxygens (including phenoxy) is 1. The van der Waals surface area contributed by atoms with Crippen LogP contribution in [0.3, 0.4) is 0 Å². The molecule has 2 N–H and O–H groups in total. The Labute approximate surface area is 135 Å². The molecule has 0 heterocycles. The molecule has 0 bridgehead atoms. The van der Waals surface area contributed by atoms with E-state index in [1.165, 1.54) is 11.8 Å². The van der Waals surface area contributed by atoms with Crippen molar-refractivity contribution < 1.29 is 19.4 Å². The second-order valence-electron chi connectivity index (χ2n) is 5.26. The molecule has 0 spiro atoms. The lowest BCUT2D eigenvalue weighted by Gasteiger charge is -2.09. The maximum Gasteiger partial charge on any atom is 0.313 e. The minimum Gasteiger partial charge on any atom is -0.494 e. The highest BCUT2D eigenvalue weighted by molar-refractivity contribution is 7.99. The van der Waals surface area contributed by atoms with Crippen LogP contribution in [0.25, 0.3) is 0 Å². The lowest BCUT2D eigenvalue weighted by atomic mass is 10.1. The van der Waals surface area contributed by atoms with Crippen molar-refractivity contribution >= 4 is 23.6 Å². The molecule has 1 amide bonds. The number of carbonyl (C=O) groups excluding carboxylic acids is 1. The van der Waals surface area contributed by atoms with Crippen LogP contribution >= 0.6 is 11.8 Å². The minimum atomic E-state index is -0.843. The molecular formula is C16H23NO4S. The van der Waals surface area contributed by atoms with Crippen LogP contribution in [0, 0.1) is 5.92 Å². The van der Waals surface area contributed by atoms with Crippen LogP contribution in [-0.2, 0) is 4.79 Å². The Balaban J connectivity index is 2.29. The van der Waals surface area contributed by atoms with Gasteiger partial charge in [-0.15, -0.1) is 11.8 Å². The number of carboxylic acid groups (broad SMARTS) is 1. The van der Waals surface area contributed by atoms with Gasteiger partial charge in [0.05, 0.1) is 12.4 Å². The molecule has 5 nitrogen and oxygen atoms in total. The number of carbonyl (C=O) groups is 2. The molecule has 1 aromatic rings. The molecular weight excluding hydrogens is 302 g/mol. The van der Waals surface area contributed by atoms with Crippen molar-refractivity contribution in [3.05, 3.63) is 29.8 Å². The predicted octanol–water partition coefficient (Wildman–Crippen LogP) is 2.66. The number of thioether (sulfide) groups is 1. The van der Waals surface area contributed by atoms with Gasteiger partial charge in [-0.3, -0.25) is 9.59 Å². The molecule has 0 aliphatic heterocycles. The van der Waals surface area contributed by atoms with Crippen LogP contribution in [0.5, 0.6) is 5.75 Å². The third-order valence-corrected chi connectivity index (χ3v) is 3.78. The lowest BCUT2D eigenvalue weighted by Crippen LogP contribution is -2.25. The van der Waals surface area contributed by atoms with Gasteiger partial charge in [0.1, 0.15) is 5.75 Å². The number of aliphatic carboxylic acids is 1. The summed E-state index contributed by atoms with van der Waals surface area (Å²) in [5, 5.41) is 11.3. The lowest BCUT2D eigenvalue weighted by molar-refractivity contribution is -0.133. The van der Waals surface area contributed by atoms with Crippen molar-refractivity contribution in [3.8, 4) is 5.75 Å². The van der Waals surface area contributed by atoms with Crippen LogP contribution in [-0.4, -0.2) is 41.6 Å². The quantitative estimate of drug-likeness (QED) is 0.647. The summed E-state index contributed by atoms with van der Waals surface area (Å²) in [7, 11) is 0. The van der Waals surface area contributed by atoms with Crippen molar-refractivity contribution in [1.29, 1.82) is 0 Å². The minimum absolute atomic E-state index is 0.0539. The first kappa shape index (κ1) is 18.4. The van der Waals surface area contributed by atoms with Gasteiger partial charge in [-0.1, -0.05) is 13.8 Å². The van der Waals surface area contributed by atoms with E-state index < -0.39 is 5.97 Å². The van der Waals surface area contributed by atoms with Crippen molar-refractivity contribution in [3.63, 3.8) is 0 Å². The Morgan fingerprint density at radius 2 is 1.95 bits per heavy atom. The summed E-state index contributed by atoms with van der Waals surface area (Å²) in [6, 6.07) is 7.03. The van der Waals surface area contributed by atoms with Crippen LogP contribution in [0.15, 0.2) is 24.3 Å². The van der Waals surface area contributed by atoms with Gasteiger partial charge in [0.25, 0.3) is 5.91 Å². The van der Waals surface area contributed by atoms with Gasteiger partial charge >= 0.3 is 5.97 Å². The second-order valence-corrected chi connectivity index (χ2v) is 6.36. The van der Waals surface area contributed by atoms with Crippen molar-refractivity contribution in [2.24, 2.45) is 5.92 Å². The van der Waals surface area contributed by atoms with E-state index in [1.54, 1.807) is 24.3 Å². The third kappa shape index (κ3) is 7.93. The van der Waals surface area contributed by atoms with Crippen LogP contribution in [0.1, 0.15) is 30.6 Å². The van der Waals surface area contributed by atoms with E-state index in [1.807, 2.05) is 0 Å². The molecule has 0 unspecified atom stereocenters. The zero-order valence-corrected chi connectivity index (χ0v) is 13.8. The van der Waals surface area contributed by atoms with Crippen molar-refractivity contribution in [2.45, 2.75) is 20.3 Å². The average molecular weight is 325 g/mol. The number of nitrogens with one attached hydrogen (secondary N) is 1. The normalized spacial score (nSPS) is 10.5. The highest BCUT2D eigenvalue weighted by Crippen LogP contribution is 2.13. The van der Waals surface area contributed by atoms with Gasteiger partial charge in [-0.25, -0.2) is 0 Å². The Hall–Kier alpha value is -1.69. The first-order valence-corrected chi connectivity index (χ1v) is 8.45. The van der Waals surface area contributed by atoms with Gasteiger partial charge < -0.3 is 15.2 Å². The van der Waals surface area contributed by atoms with Crippen molar-refractivity contribution in [2.75, 3.05) is 24.7 Å². The van der Waals surface area contributed by atoms with E-state index in [4.69, 9.17) is 9.84 Å². The molecule has 1 aromatic carbocycles. The van der Waals surface area contributed by atoms with E-state index in [0.717, 1.165) is 12.2 Å². The van der Waals surface area contributed by atoms with Gasteiger partial charge in [-0.2, -0.15) is 0 Å². The molecule has 122 valence electrons. The van der Waals surface area contributed by atoms with E-state index in [-0.39, 0.29) is 11.7 Å². The molecule has 22 heavy (non-hydrogen) atoms. The van der Waals surface area contributed by atoms with Crippen molar-refractivity contribution in [1.82, 2.24) is 5.32 Å². The first-order valence-electron chi connectivity index (χ1n) is 7.29. The summed E-state index contributed by atoms with van der Waals surface area (Å²) in [4.78, 5) is 22.2. The first-order chi connectivity index (χ1) is 10.5. The van der Waals surface area contributed by atoms with Crippen LogP contribution < -0.4 is 10.1 Å². The number of carboxylic acids is 1. The van der Waals surface area contributed by atoms with E-state index in [2.05, 4.69) is 19.2 Å². The topological polar surface area (TPSA) is 75.6 Å². The fraction of sp³-hybridized carbons (Fsp3) is 0.500. The molecule has 0 aliphatic rings. The van der Waals surface area contributed by atoms with E-state index >= 15 is 0 Å². The average Bonchev–Trinajstić information content (AvgIpc) is 2.46. The number of rotatable bonds is 10. The standard InChI is InChI=1S/C16H23NO4S/c1-12(2)7-9-21-14-5-3-13(4-6-14)16(20)17-8-10-22-11-15(18)19/h3-6,12H,7-11H2,1-2H3,(H,17,20)(H,18,19). The summed E-state index contributed by atoms with van der Waals surface area (Å²) in [5.74, 6) is 0.986. The van der Waals surface area contributed by atoms with E-state index in [0.29, 0.717) is 30.4 Å². The molecule has 0 fully saturated rings. The Bertz CT molecular complexity index is 474. The molecule has 6 heteroatoms. The largest absolute Gasteiger partial charge is 0.494 e. The van der Waals surface area contributed by atoms with Gasteiger partial charge in [-0.05, 0) is 36.6 Å². The molecule has 1 rings (SSSR count). The SMILES string of the molecule is CC(C)CCOc1ccc(C(=O)NCCSCC(=O)O)cc1. The molecule has 0 aliphatic carbocycles. The summed E-state index contributed by atoms with van der Waals surface area (Å²) < 4.78 is 5.60. The zero-order chi connectivity index (χ0) is 16.4. The highest BCUT2D eigenvalue weighted by atomic mass is 32.2. The highest BCUT2D eigenvalue weighted by Gasteiger charge is 2.05. The van der Waals surface area contributed by atoms with Crippen LogP contribution in [0.4, 0.5) is 0 Å². The zero-order valence-electron chi connectivity index (χ0n) is 13.0. The number of hydrogen-bond donors (Lipinski definition) is 2. The fourth-order valence-electron chi connectivity index (χ4n) is 1.61.